The van der Waals surface area contributed by atoms with Crippen molar-refractivity contribution in [3.63, 3.8) is 0 Å². The third-order valence-corrected chi connectivity index (χ3v) is 8.89. The van der Waals surface area contributed by atoms with Crippen LogP contribution in [0.5, 0.6) is 0 Å². The normalized spacial score (nSPS) is 17.1. The number of esters is 1. The van der Waals surface area contributed by atoms with Crippen LogP contribution in [0.25, 0.3) is 0 Å². The number of nitrogens with one attached hydrogen (secondary N) is 3. The van der Waals surface area contributed by atoms with Crippen LogP contribution in [0.15, 0.2) is 11.6 Å². The molecular weight excluding hydrogens is 690 g/mol. The van der Waals surface area contributed by atoms with E-state index in [-0.39, 0.29) is 49.9 Å². The van der Waals surface area contributed by atoms with Crippen LogP contribution in [-0.4, -0.2) is 120 Å². The fourth-order valence-electron chi connectivity index (χ4n) is 5.74. The maximum absolute atomic E-state index is 12.9. The highest BCUT2D eigenvalue weighted by molar-refractivity contribution is 7.80. The molecule has 0 aliphatic heterocycles. The second-order valence-electron chi connectivity index (χ2n) is 12.9. The molecule has 0 unspecified atom stereocenters. The van der Waals surface area contributed by atoms with Crippen molar-refractivity contribution in [2.24, 2.45) is 0 Å². The Hall–Kier alpha value is -2.23. The summed E-state index contributed by atoms with van der Waals surface area (Å²) < 4.78 is 33.6. The van der Waals surface area contributed by atoms with Gasteiger partial charge in [-0.15, -0.1) is 0 Å². The van der Waals surface area contributed by atoms with Crippen molar-refractivity contribution < 1.29 is 47.6 Å². The molecule has 0 aromatic heterocycles. The van der Waals surface area contributed by atoms with Crippen LogP contribution in [0.2, 0.25) is 0 Å². The Kier molecular flexibility index (Phi) is 29.6. The van der Waals surface area contributed by atoms with Gasteiger partial charge in [0.05, 0.1) is 83.8 Å². The number of carbonyl (C=O) groups is 4. The van der Waals surface area contributed by atoms with Gasteiger partial charge in [0.15, 0.2) is 0 Å². The fourth-order valence-corrected chi connectivity index (χ4v) is 5.96. The maximum atomic E-state index is 12.9. The van der Waals surface area contributed by atoms with Gasteiger partial charge in [0.25, 0.3) is 0 Å². The smallest absolute Gasteiger partial charge is 0.333 e. The van der Waals surface area contributed by atoms with Gasteiger partial charge in [0.2, 0.25) is 17.7 Å². The Balaban J connectivity index is 2.15. The summed E-state index contributed by atoms with van der Waals surface area (Å²) in [5.74, 6) is 0.0705. The lowest BCUT2D eigenvalue weighted by molar-refractivity contribution is -0.139. The lowest BCUT2D eigenvalue weighted by atomic mass is 9.87. The largest absolute Gasteiger partial charge is 0.463 e. The van der Waals surface area contributed by atoms with Crippen molar-refractivity contribution in [2.75, 3.05) is 71.8 Å². The highest BCUT2D eigenvalue weighted by Crippen LogP contribution is 2.25. The SMILES string of the molecule is CCOC(=O)C1=C[C@@H](OC(CC)CC)[C@H](NC(C)=O)[C@@H](NC(=O)CCOCCOCCOCCOCCNC(=O)CCCCCCCCCCS)C1. The first-order chi connectivity index (χ1) is 25.2. The van der Waals surface area contributed by atoms with Crippen molar-refractivity contribution in [1.29, 1.82) is 0 Å². The van der Waals surface area contributed by atoms with Gasteiger partial charge in [-0.3, -0.25) is 14.4 Å². The Morgan fingerprint density at radius 3 is 1.85 bits per heavy atom. The Bertz CT molecular complexity index is 998. The van der Waals surface area contributed by atoms with Gasteiger partial charge in [0.1, 0.15) is 0 Å². The fraction of sp³-hybridized carbons (Fsp3) is 0.842. The predicted molar refractivity (Wildman–Crippen MR) is 204 cm³/mol. The molecule has 1 rings (SSSR count). The van der Waals surface area contributed by atoms with E-state index in [1.54, 1.807) is 13.0 Å². The van der Waals surface area contributed by atoms with Crippen LogP contribution >= 0.6 is 12.6 Å². The molecule has 14 heteroatoms. The lowest BCUT2D eigenvalue weighted by Crippen LogP contribution is -2.59. The van der Waals surface area contributed by atoms with Crippen LogP contribution in [0, 0.1) is 0 Å². The van der Waals surface area contributed by atoms with Gasteiger partial charge >= 0.3 is 5.97 Å². The minimum atomic E-state index is -0.603. The number of unbranched alkanes of at least 4 members (excludes halogenated alkanes) is 7. The van der Waals surface area contributed by atoms with Crippen molar-refractivity contribution in [3.05, 3.63) is 11.6 Å². The summed E-state index contributed by atoms with van der Waals surface area (Å²) in [5, 5.41) is 8.78. The molecule has 13 nitrogen and oxygen atoms in total. The van der Waals surface area contributed by atoms with E-state index in [4.69, 9.17) is 28.4 Å². The number of hydrogen-bond acceptors (Lipinski definition) is 11. The minimum Gasteiger partial charge on any atom is -0.463 e. The molecule has 1 aliphatic rings. The molecule has 0 radical (unpaired) electrons. The summed E-state index contributed by atoms with van der Waals surface area (Å²) in [6, 6.07) is -1.11. The van der Waals surface area contributed by atoms with Crippen LogP contribution in [0.4, 0.5) is 0 Å². The molecule has 0 saturated carbocycles. The zero-order chi connectivity index (χ0) is 38.2. The summed E-state index contributed by atoms with van der Waals surface area (Å²) >= 11 is 4.24. The van der Waals surface area contributed by atoms with Crippen molar-refractivity contribution >= 4 is 36.3 Å². The number of hydrogen-bond donors (Lipinski definition) is 4. The lowest BCUT2D eigenvalue weighted by Gasteiger charge is -2.38. The molecule has 3 amide bonds. The molecule has 0 bridgehead atoms. The van der Waals surface area contributed by atoms with E-state index in [1.165, 1.54) is 45.4 Å². The van der Waals surface area contributed by atoms with Gasteiger partial charge in [-0.25, -0.2) is 4.79 Å². The average molecular weight is 760 g/mol. The van der Waals surface area contributed by atoms with Crippen molar-refractivity contribution in [3.8, 4) is 0 Å². The second kappa shape index (κ2) is 32.2. The second-order valence-corrected chi connectivity index (χ2v) is 13.4. The van der Waals surface area contributed by atoms with Crippen LogP contribution in [-0.2, 0) is 47.6 Å². The maximum Gasteiger partial charge on any atom is 0.333 e. The van der Waals surface area contributed by atoms with Gasteiger partial charge < -0.3 is 44.4 Å². The first-order valence-electron chi connectivity index (χ1n) is 19.5. The van der Waals surface area contributed by atoms with E-state index in [1.807, 2.05) is 13.8 Å². The summed E-state index contributed by atoms with van der Waals surface area (Å²) in [5.41, 5.74) is 0.410. The zero-order valence-electron chi connectivity index (χ0n) is 32.4. The van der Waals surface area contributed by atoms with E-state index < -0.39 is 24.2 Å². The molecule has 0 saturated heterocycles. The monoisotopic (exact) mass is 759 g/mol. The minimum absolute atomic E-state index is 0.0686. The summed E-state index contributed by atoms with van der Waals surface area (Å²) in [4.78, 5) is 49.5. The van der Waals surface area contributed by atoms with Crippen LogP contribution in [0.3, 0.4) is 0 Å². The summed E-state index contributed by atoms with van der Waals surface area (Å²) in [6.45, 7) is 10.9. The number of thiol groups is 1. The molecule has 302 valence electrons. The third-order valence-electron chi connectivity index (χ3n) is 8.58. The average Bonchev–Trinajstić information content (AvgIpc) is 3.12. The molecule has 0 aromatic rings. The summed E-state index contributed by atoms with van der Waals surface area (Å²) in [6.07, 6.45) is 12.9. The molecule has 0 fully saturated rings. The van der Waals surface area contributed by atoms with Crippen LogP contribution < -0.4 is 16.0 Å². The number of carbonyl (C=O) groups excluding carboxylic acids is 4. The van der Waals surface area contributed by atoms with E-state index in [0.717, 1.165) is 31.4 Å². The highest BCUT2D eigenvalue weighted by Gasteiger charge is 2.38. The molecule has 1 aliphatic carbocycles. The van der Waals surface area contributed by atoms with E-state index >= 15 is 0 Å². The van der Waals surface area contributed by atoms with E-state index in [2.05, 4.69) is 28.6 Å². The molecule has 3 atom stereocenters. The van der Waals surface area contributed by atoms with Crippen molar-refractivity contribution in [2.45, 2.75) is 135 Å². The Labute approximate surface area is 318 Å². The number of amides is 3. The number of ether oxygens (including phenoxy) is 6. The Morgan fingerprint density at radius 1 is 0.731 bits per heavy atom. The third kappa shape index (κ3) is 24.2. The zero-order valence-corrected chi connectivity index (χ0v) is 33.3. The molecule has 0 aromatic carbocycles. The van der Waals surface area contributed by atoms with Gasteiger partial charge in [0, 0.05) is 38.3 Å². The molecular formula is C38H69N3O10S. The van der Waals surface area contributed by atoms with Crippen LogP contribution in [0.1, 0.15) is 111 Å². The van der Waals surface area contributed by atoms with Crippen molar-refractivity contribution in [1.82, 2.24) is 16.0 Å². The summed E-state index contributed by atoms with van der Waals surface area (Å²) in [7, 11) is 0. The van der Waals surface area contributed by atoms with E-state index in [0.29, 0.717) is 64.8 Å². The number of rotatable bonds is 33. The van der Waals surface area contributed by atoms with E-state index in [9.17, 15) is 19.2 Å². The van der Waals surface area contributed by atoms with Gasteiger partial charge in [-0.2, -0.15) is 12.6 Å². The van der Waals surface area contributed by atoms with Gasteiger partial charge in [-0.1, -0.05) is 52.4 Å². The first-order valence-corrected chi connectivity index (χ1v) is 20.2. The molecule has 3 N–H and O–H groups in total. The predicted octanol–water partition coefficient (Wildman–Crippen LogP) is 4.46. The molecule has 0 heterocycles. The van der Waals surface area contributed by atoms with Gasteiger partial charge in [-0.05, 0) is 44.4 Å². The molecule has 0 spiro atoms. The molecule has 52 heavy (non-hydrogen) atoms. The first kappa shape index (κ1) is 47.8. The quantitative estimate of drug-likeness (QED) is 0.0428. The standard InChI is InChI=1S/C38H69N3O10S/c1-5-32(6-2)51-34-29-31(38(45)50-7-3)28-33(37(34)40-30(4)42)41-36(44)17-19-46-21-23-48-25-26-49-24-22-47-20-18-39-35(43)16-14-12-10-8-9-11-13-15-27-52/h29,32-34,37,52H,5-28H2,1-4H3,(H,39,43)(H,40,42)(H,41,44)/t33-,34+,37+/m0/s1. The topological polar surface area (TPSA) is 160 Å². The Morgan fingerprint density at radius 2 is 1.29 bits per heavy atom. The highest BCUT2D eigenvalue weighted by atomic mass is 32.1.